The Morgan fingerprint density at radius 2 is 1.83 bits per heavy atom. The highest BCUT2D eigenvalue weighted by molar-refractivity contribution is 5.95. The van der Waals surface area contributed by atoms with Gasteiger partial charge in [0.1, 0.15) is 12.4 Å². The molecular formula is C18H24N4O2. The number of aliphatic hydroxyl groups is 1. The van der Waals surface area contributed by atoms with Crippen LogP contribution in [0, 0.1) is 0 Å². The summed E-state index contributed by atoms with van der Waals surface area (Å²) >= 11 is 0. The van der Waals surface area contributed by atoms with E-state index in [0.717, 1.165) is 38.2 Å². The maximum atomic E-state index is 12.6. The zero-order chi connectivity index (χ0) is 16.5. The predicted molar refractivity (Wildman–Crippen MR) is 90.2 cm³/mol. The molecule has 1 N–H and O–H groups in total. The number of piperidine rings is 1. The first-order valence-corrected chi connectivity index (χ1v) is 8.63. The molecule has 2 fully saturated rings. The lowest BCUT2D eigenvalue weighted by molar-refractivity contribution is -0.127. The van der Waals surface area contributed by atoms with Crippen LogP contribution in [0.2, 0.25) is 0 Å². The fourth-order valence-electron chi connectivity index (χ4n) is 3.90. The molecule has 1 aromatic carbocycles. The van der Waals surface area contributed by atoms with Crippen LogP contribution in [0.4, 0.5) is 0 Å². The first-order valence-electron chi connectivity index (χ1n) is 8.63. The van der Waals surface area contributed by atoms with Gasteiger partial charge in [-0.15, -0.1) is 0 Å². The van der Waals surface area contributed by atoms with Crippen LogP contribution >= 0.6 is 0 Å². The van der Waals surface area contributed by atoms with Crippen LogP contribution in [0.25, 0.3) is 0 Å². The Balaban J connectivity index is 1.33. The van der Waals surface area contributed by atoms with Crippen LogP contribution in [0.1, 0.15) is 18.4 Å². The van der Waals surface area contributed by atoms with Gasteiger partial charge in [0.05, 0.1) is 13.3 Å². The van der Waals surface area contributed by atoms with E-state index >= 15 is 0 Å². The summed E-state index contributed by atoms with van der Waals surface area (Å²) in [7, 11) is 0. The smallest absolute Gasteiger partial charge is 0.273 e. The van der Waals surface area contributed by atoms with Crippen LogP contribution < -0.4 is 0 Å². The lowest BCUT2D eigenvalue weighted by Gasteiger charge is -2.36. The number of nitrogens with zero attached hydrogens (tertiary/aromatic N) is 4. The van der Waals surface area contributed by atoms with Crippen LogP contribution in [0.15, 0.2) is 42.2 Å². The molecule has 0 spiro atoms. The predicted octanol–water partition coefficient (Wildman–Crippen LogP) is 0.817. The third-order valence-corrected chi connectivity index (χ3v) is 5.23. The molecule has 2 saturated heterocycles. The second kappa shape index (κ2) is 6.45. The summed E-state index contributed by atoms with van der Waals surface area (Å²) in [6.07, 6.45) is 3.85. The number of carbonyl (C=O) groups is 1. The molecule has 0 unspecified atom stereocenters. The topological polar surface area (TPSA) is 50.3 Å². The van der Waals surface area contributed by atoms with Crippen molar-refractivity contribution in [1.29, 1.82) is 0 Å². The van der Waals surface area contributed by atoms with Crippen molar-refractivity contribution in [3.63, 3.8) is 0 Å². The van der Waals surface area contributed by atoms with Crippen LogP contribution in [-0.2, 0) is 11.3 Å². The number of likely N-dealkylation sites (tertiary alicyclic amines) is 1. The number of carbonyl (C=O) groups excluding carboxylic acids is 1. The molecule has 3 aliphatic rings. The molecule has 6 nitrogen and oxygen atoms in total. The Morgan fingerprint density at radius 1 is 1.08 bits per heavy atom. The van der Waals surface area contributed by atoms with Crippen molar-refractivity contribution < 1.29 is 9.90 Å². The van der Waals surface area contributed by atoms with Gasteiger partial charge in [0, 0.05) is 31.9 Å². The number of amides is 1. The standard InChI is InChI=1S/C18H24N4O2/c23-14-20-11-17-18(24)22(13-21(17)12-20)16-6-8-19(9-7-16)10-15-4-2-1-3-5-15/h1-5,11,16,23H,6-10,12-14H2. The van der Waals surface area contributed by atoms with Gasteiger partial charge in [0.25, 0.3) is 5.91 Å². The second-order valence-corrected chi connectivity index (χ2v) is 6.84. The molecule has 6 heteroatoms. The van der Waals surface area contributed by atoms with E-state index in [0.29, 0.717) is 19.4 Å². The van der Waals surface area contributed by atoms with Gasteiger partial charge in [-0.1, -0.05) is 30.3 Å². The average Bonchev–Trinajstić information content (AvgIpc) is 3.16. The van der Waals surface area contributed by atoms with Gasteiger partial charge in [-0.3, -0.25) is 9.69 Å². The molecule has 128 valence electrons. The number of hydrogen-bond acceptors (Lipinski definition) is 5. The van der Waals surface area contributed by atoms with E-state index in [4.69, 9.17) is 0 Å². The van der Waals surface area contributed by atoms with Crippen molar-refractivity contribution in [3.05, 3.63) is 47.8 Å². The fraction of sp³-hybridized carbons (Fsp3) is 0.500. The minimum Gasteiger partial charge on any atom is -0.376 e. The zero-order valence-electron chi connectivity index (χ0n) is 13.8. The van der Waals surface area contributed by atoms with Crippen molar-refractivity contribution in [2.45, 2.75) is 25.4 Å². The molecule has 0 aliphatic carbocycles. The van der Waals surface area contributed by atoms with Crippen molar-refractivity contribution in [1.82, 2.24) is 19.6 Å². The van der Waals surface area contributed by atoms with E-state index in [9.17, 15) is 9.90 Å². The molecule has 0 aromatic heterocycles. The molecule has 0 saturated carbocycles. The molecule has 0 bridgehead atoms. The number of aliphatic hydroxyl groups excluding tert-OH is 1. The Kier molecular flexibility index (Phi) is 4.16. The lowest BCUT2D eigenvalue weighted by Crippen LogP contribution is -2.46. The van der Waals surface area contributed by atoms with E-state index in [-0.39, 0.29) is 12.6 Å². The molecule has 0 radical (unpaired) electrons. The minimum atomic E-state index is -0.0366. The maximum Gasteiger partial charge on any atom is 0.273 e. The molecular weight excluding hydrogens is 304 g/mol. The first-order chi connectivity index (χ1) is 11.7. The maximum absolute atomic E-state index is 12.6. The van der Waals surface area contributed by atoms with Gasteiger partial charge >= 0.3 is 0 Å². The highest BCUT2D eigenvalue weighted by atomic mass is 16.3. The summed E-state index contributed by atoms with van der Waals surface area (Å²) in [5.41, 5.74) is 2.08. The highest BCUT2D eigenvalue weighted by Gasteiger charge is 2.41. The Morgan fingerprint density at radius 3 is 2.50 bits per heavy atom. The number of benzene rings is 1. The second-order valence-electron chi connectivity index (χ2n) is 6.84. The van der Waals surface area contributed by atoms with Crippen LogP contribution in [0.3, 0.4) is 0 Å². The van der Waals surface area contributed by atoms with E-state index in [1.807, 2.05) is 11.0 Å². The van der Waals surface area contributed by atoms with E-state index < -0.39 is 0 Å². The van der Waals surface area contributed by atoms with Gasteiger partial charge < -0.3 is 19.8 Å². The zero-order valence-corrected chi connectivity index (χ0v) is 13.8. The Bertz CT molecular complexity index is 625. The van der Waals surface area contributed by atoms with Crippen molar-refractivity contribution >= 4 is 5.91 Å². The van der Waals surface area contributed by atoms with Crippen molar-refractivity contribution in [2.24, 2.45) is 0 Å². The first kappa shape index (κ1) is 15.5. The van der Waals surface area contributed by atoms with Gasteiger partial charge in [-0.2, -0.15) is 0 Å². The number of hydrogen-bond donors (Lipinski definition) is 1. The third kappa shape index (κ3) is 2.87. The van der Waals surface area contributed by atoms with E-state index in [1.165, 1.54) is 5.56 Å². The van der Waals surface area contributed by atoms with Gasteiger partial charge in [-0.05, 0) is 18.4 Å². The minimum absolute atomic E-state index is 0.0366. The molecule has 3 aliphatic heterocycles. The van der Waals surface area contributed by atoms with Gasteiger partial charge in [0.2, 0.25) is 0 Å². The highest BCUT2D eigenvalue weighted by Crippen LogP contribution is 2.29. The molecule has 1 amide bonds. The van der Waals surface area contributed by atoms with Crippen LogP contribution in [-0.4, -0.2) is 69.8 Å². The number of fused-ring (bicyclic) bond motifs is 1. The Hall–Kier alpha value is -2.05. The third-order valence-electron chi connectivity index (χ3n) is 5.23. The fourth-order valence-corrected chi connectivity index (χ4v) is 3.90. The quantitative estimate of drug-likeness (QED) is 0.887. The Labute approximate surface area is 142 Å². The molecule has 4 rings (SSSR count). The van der Waals surface area contributed by atoms with E-state index in [1.54, 1.807) is 11.1 Å². The summed E-state index contributed by atoms with van der Waals surface area (Å²) in [6.45, 7) is 4.29. The van der Waals surface area contributed by atoms with Crippen molar-refractivity contribution in [2.75, 3.05) is 33.2 Å². The summed E-state index contributed by atoms with van der Waals surface area (Å²) in [5, 5.41) is 9.20. The lowest BCUT2D eigenvalue weighted by atomic mass is 10.0. The molecule has 1 aromatic rings. The number of rotatable bonds is 4. The molecule has 24 heavy (non-hydrogen) atoms. The molecule has 0 atom stereocenters. The van der Waals surface area contributed by atoms with Gasteiger partial charge in [-0.25, -0.2) is 0 Å². The van der Waals surface area contributed by atoms with Gasteiger partial charge in [0.15, 0.2) is 0 Å². The largest absolute Gasteiger partial charge is 0.376 e. The van der Waals surface area contributed by atoms with Crippen molar-refractivity contribution in [3.8, 4) is 0 Å². The normalized spacial score (nSPS) is 22.3. The summed E-state index contributed by atoms with van der Waals surface area (Å²) < 4.78 is 0. The molecule has 3 heterocycles. The SMILES string of the molecule is O=C1C2=CN(CO)CN2CN1C1CCN(Cc2ccccc2)CC1. The average molecular weight is 328 g/mol. The monoisotopic (exact) mass is 328 g/mol. The van der Waals surface area contributed by atoms with Crippen LogP contribution in [0.5, 0.6) is 0 Å². The summed E-state index contributed by atoms with van der Waals surface area (Å²) in [6, 6.07) is 10.9. The summed E-state index contributed by atoms with van der Waals surface area (Å²) in [5.74, 6) is 0.118. The summed E-state index contributed by atoms with van der Waals surface area (Å²) in [4.78, 5) is 20.9. The van der Waals surface area contributed by atoms with E-state index in [2.05, 4.69) is 34.1 Å².